The molecule has 0 aliphatic heterocycles. The van der Waals surface area contributed by atoms with Gasteiger partial charge in [0.05, 0.1) is 6.10 Å². The Morgan fingerprint density at radius 2 is 2.00 bits per heavy atom. The van der Waals surface area contributed by atoms with Gasteiger partial charge >= 0.3 is 0 Å². The Hall–Kier alpha value is -1.68. The van der Waals surface area contributed by atoms with Gasteiger partial charge in [0.15, 0.2) is 0 Å². The molecule has 1 aliphatic carbocycles. The first-order valence-electron chi connectivity index (χ1n) is 6.37. The van der Waals surface area contributed by atoms with Crippen LogP contribution in [0.15, 0.2) is 28.8 Å². The number of aliphatic hydroxyl groups excluding tert-OH is 1. The van der Waals surface area contributed by atoms with Crippen molar-refractivity contribution in [3.8, 4) is 11.4 Å². The van der Waals surface area contributed by atoms with Gasteiger partial charge in [-0.3, -0.25) is 0 Å². The maximum atomic E-state index is 9.27. The molecule has 0 atom stereocenters. The Kier molecular flexibility index (Phi) is 2.88. The minimum absolute atomic E-state index is 0.200. The Morgan fingerprint density at radius 1 is 1.28 bits per heavy atom. The predicted octanol–water partition coefficient (Wildman–Crippen LogP) is 2.54. The van der Waals surface area contributed by atoms with E-state index in [0.29, 0.717) is 11.7 Å². The van der Waals surface area contributed by atoms with Gasteiger partial charge in [-0.05, 0) is 24.8 Å². The number of hydrogen-bond acceptors (Lipinski definition) is 4. The third kappa shape index (κ3) is 2.04. The van der Waals surface area contributed by atoms with E-state index in [2.05, 4.69) is 29.2 Å². The molecule has 1 aromatic heterocycles. The van der Waals surface area contributed by atoms with Gasteiger partial charge in [0.2, 0.25) is 11.7 Å². The fraction of sp³-hybridized carbons (Fsp3) is 0.429. The molecule has 0 saturated heterocycles. The van der Waals surface area contributed by atoms with E-state index in [1.807, 2.05) is 12.1 Å². The monoisotopic (exact) mass is 244 g/mol. The highest BCUT2D eigenvalue weighted by Gasteiger charge is 2.33. The molecular weight excluding hydrogens is 228 g/mol. The summed E-state index contributed by atoms with van der Waals surface area (Å²) < 4.78 is 5.26. The zero-order chi connectivity index (χ0) is 12.5. The molecule has 0 spiro atoms. The van der Waals surface area contributed by atoms with Gasteiger partial charge in [-0.25, -0.2) is 0 Å². The molecule has 0 radical (unpaired) electrons. The molecule has 0 unspecified atom stereocenters. The zero-order valence-electron chi connectivity index (χ0n) is 10.3. The molecule has 1 aromatic carbocycles. The molecule has 1 aliphatic rings. The van der Waals surface area contributed by atoms with Gasteiger partial charge in [0, 0.05) is 11.5 Å². The van der Waals surface area contributed by atoms with E-state index in [4.69, 9.17) is 4.52 Å². The second-order valence-corrected chi connectivity index (χ2v) is 4.83. The van der Waals surface area contributed by atoms with Crippen LogP contribution < -0.4 is 0 Å². The molecule has 0 amide bonds. The minimum atomic E-state index is -0.200. The normalized spacial score (nSPS) is 22.8. The summed E-state index contributed by atoms with van der Waals surface area (Å²) in [5.41, 5.74) is 2.27. The lowest BCUT2D eigenvalue weighted by molar-refractivity contribution is 0.0625. The van der Waals surface area contributed by atoms with Gasteiger partial charge in [-0.15, -0.1) is 0 Å². The SMILES string of the molecule is CCc1ccc(-c2noc(C3CC(O)C3)n2)cc1. The molecule has 18 heavy (non-hydrogen) atoms. The average molecular weight is 244 g/mol. The third-order valence-electron chi connectivity index (χ3n) is 3.52. The van der Waals surface area contributed by atoms with Gasteiger partial charge in [0.1, 0.15) is 0 Å². The molecule has 3 rings (SSSR count). The summed E-state index contributed by atoms with van der Waals surface area (Å²) in [7, 11) is 0. The molecule has 1 heterocycles. The summed E-state index contributed by atoms with van der Waals surface area (Å²) in [4.78, 5) is 4.40. The first kappa shape index (κ1) is 11.4. The van der Waals surface area contributed by atoms with Gasteiger partial charge in [-0.2, -0.15) is 4.98 Å². The predicted molar refractivity (Wildman–Crippen MR) is 67.1 cm³/mol. The van der Waals surface area contributed by atoms with Crippen LogP contribution in [0.25, 0.3) is 11.4 Å². The smallest absolute Gasteiger partial charge is 0.230 e. The van der Waals surface area contributed by atoms with E-state index in [1.165, 1.54) is 5.56 Å². The number of nitrogens with zero attached hydrogens (tertiary/aromatic N) is 2. The fourth-order valence-electron chi connectivity index (χ4n) is 2.20. The quantitative estimate of drug-likeness (QED) is 0.901. The van der Waals surface area contributed by atoms with Gasteiger partial charge < -0.3 is 9.63 Å². The first-order valence-corrected chi connectivity index (χ1v) is 6.37. The maximum absolute atomic E-state index is 9.27. The van der Waals surface area contributed by atoms with Crippen molar-refractivity contribution in [3.05, 3.63) is 35.7 Å². The average Bonchev–Trinajstić information content (AvgIpc) is 2.84. The van der Waals surface area contributed by atoms with E-state index in [0.717, 1.165) is 24.8 Å². The van der Waals surface area contributed by atoms with Crippen molar-refractivity contribution in [2.75, 3.05) is 0 Å². The molecule has 1 N–H and O–H groups in total. The van der Waals surface area contributed by atoms with Gasteiger partial charge in [-0.1, -0.05) is 36.3 Å². The summed E-state index contributed by atoms with van der Waals surface area (Å²) in [5.74, 6) is 1.51. The first-order chi connectivity index (χ1) is 8.76. The number of benzene rings is 1. The largest absolute Gasteiger partial charge is 0.393 e. The summed E-state index contributed by atoms with van der Waals surface area (Å²) in [6.07, 6.45) is 2.29. The number of rotatable bonds is 3. The van der Waals surface area contributed by atoms with Crippen molar-refractivity contribution in [1.82, 2.24) is 10.1 Å². The van der Waals surface area contributed by atoms with Crippen molar-refractivity contribution in [1.29, 1.82) is 0 Å². The summed E-state index contributed by atoms with van der Waals surface area (Å²) in [6, 6.07) is 8.20. The molecule has 94 valence electrons. The lowest BCUT2D eigenvalue weighted by atomic mass is 9.82. The summed E-state index contributed by atoms with van der Waals surface area (Å²) in [6.45, 7) is 2.13. The van der Waals surface area contributed by atoms with E-state index in [-0.39, 0.29) is 12.0 Å². The summed E-state index contributed by atoms with van der Waals surface area (Å²) >= 11 is 0. The van der Waals surface area contributed by atoms with Crippen LogP contribution in [-0.4, -0.2) is 21.4 Å². The Labute approximate surface area is 106 Å². The lowest BCUT2D eigenvalue weighted by Crippen LogP contribution is -2.26. The van der Waals surface area contributed by atoms with Gasteiger partial charge in [0.25, 0.3) is 0 Å². The fourth-order valence-corrected chi connectivity index (χ4v) is 2.20. The number of aromatic nitrogens is 2. The van der Waals surface area contributed by atoms with Crippen LogP contribution in [0.2, 0.25) is 0 Å². The molecule has 4 nitrogen and oxygen atoms in total. The van der Waals surface area contributed by atoms with Crippen molar-refractivity contribution in [2.45, 2.75) is 38.2 Å². The molecule has 4 heteroatoms. The highest BCUT2D eigenvalue weighted by molar-refractivity contribution is 5.54. The van der Waals surface area contributed by atoms with E-state index in [9.17, 15) is 5.11 Å². The van der Waals surface area contributed by atoms with Crippen molar-refractivity contribution < 1.29 is 9.63 Å². The third-order valence-corrected chi connectivity index (χ3v) is 3.52. The number of aryl methyl sites for hydroxylation is 1. The second-order valence-electron chi connectivity index (χ2n) is 4.83. The van der Waals surface area contributed by atoms with Crippen molar-refractivity contribution in [2.24, 2.45) is 0 Å². The van der Waals surface area contributed by atoms with E-state index >= 15 is 0 Å². The standard InChI is InChI=1S/C14H16N2O2/c1-2-9-3-5-10(6-4-9)13-15-14(18-16-13)11-7-12(17)8-11/h3-6,11-12,17H,2,7-8H2,1H3. The maximum Gasteiger partial charge on any atom is 0.230 e. The van der Waals surface area contributed by atoms with Crippen LogP contribution in [0.4, 0.5) is 0 Å². The molecule has 2 aromatic rings. The highest BCUT2D eigenvalue weighted by atomic mass is 16.5. The van der Waals surface area contributed by atoms with Crippen molar-refractivity contribution >= 4 is 0 Å². The lowest BCUT2D eigenvalue weighted by Gasteiger charge is -2.27. The zero-order valence-corrected chi connectivity index (χ0v) is 10.3. The van der Waals surface area contributed by atoms with E-state index in [1.54, 1.807) is 0 Å². The van der Waals surface area contributed by atoms with Crippen LogP contribution in [-0.2, 0) is 6.42 Å². The Morgan fingerprint density at radius 3 is 2.61 bits per heavy atom. The number of aliphatic hydroxyl groups is 1. The minimum Gasteiger partial charge on any atom is -0.393 e. The van der Waals surface area contributed by atoms with Crippen LogP contribution >= 0.6 is 0 Å². The highest BCUT2D eigenvalue weighted by Crippen LogP contribution is 2.36. The molecule has 0 bridgehead atoms. The van der Waals surface area contributed by atoms with E-state index < -0.39 is 0 Å². The van der Waals surface area contributed by atoms with Crippen molar-refractivity contribution in [3.63, 3.8) is 0 Å². The Balaban J connectivity index is 1.79. The summed E-state index contributed by atoms with van der Waals surface area (Å²) in [5, 5.41) is 13.3. The second kappa shape index (κ2) is 4.53. The van der Waals surface area contributed by atoms with Crippen LogP contribution in [0.1, 0.15) is 37.1 Å². The van der Waals surface area contributed by atoms with Crippen LogP contribution in [0, 0.1) is 0 Å². The molecular formula is C14H16N2O2. The number of hydrogen-bond donors (Lipinski definition) is 1. The van der Waals surface area contributed by atoms with Crippen LogP contribution in [0.3, 0.4) is 0 Å². The Bertz CT molecular complexity index is 527. The van der Waals surface area contributed by atoms with Crippen LogP contribution in [0.5, 0.6) is 0 Å². The topological polar surface area (TPSA) is 59.2 Å². The molecule has 1 saturated carbocycles. The molecule has 1 fully saturated rings.